The minimum absolute atomic E-state index is 0.0238. The highest BCUT2D eigenvalue weighted by Crippen LogP contribution is 2.38. The number of fused-ring (bicyclic) bond motifs is 1. The van der Waals surface area contributed by atoms with Gasteiger partial charge in [-0.3, -0.25) is 19.3 Å². The molecule has 0 atom stereocenters. The number of amides is 3. The SMILES string of the molecule is CN1CCN(CC(=O)N(C)c2ccc(NC(=C3C(=O)Nc4cc(F)ccc43)c3cccc(CNC(=O)C4CCC4)c3)cc2)CC1. The molecular weight excluding hydrogens is 571 g/mol. The van der Waals surface area contributed by atoms with E-state index in [1.807, 2.05) is 48.5 Å². The smallest absolute Gasteiger partial charge is 0.258 e. The molecule has 2 heterocycles. The Balaban J connectivity index is 1.25. The zero-order chi connectivity index (χ0) is 31.5. The van der Waals surface area contributed by atoms with Gasteiger partial charge in [0, 0.05) is 62.6 Å². The first-order valence-electron chi connectivity index (χ1n) is 15.5. The Bertz CT molecular complexity index is 1630. The molecule has 3 N–H and O–H groups in total. The summed E-state index contributed by atoms with van der Waals surface area (Å²) in [5, 5.41) is 9.27. The van der Waals surface area contributed by atoms with Crippen LogP contribution in [-0.4, -0.2) is 74.3 Å². The molecule has 45 heavy (non-hydrogen) atoms. The molecule has 1 saturated carbocycles. The Labute approximate surface area is 263 Å². The van der Waals surface area contributed by atoms with Gasteiger partial charge in [0.1, 0.15) is 5.82 Å². The summed E-state index contributed by atoms with van der Waals surface area (Å²) in [5.41, 5.74) is 5.07. The minimum atomic E-state index is -0.434. The fourth-order valence-electron chi connectivity index (χ4n) is 5.87. The number of nitrogens with zero attached hydrogens (tertiary/aromatic N) is 3. The summed E-state index contributed by atoms with van der Waals surface area (Å²) in [4.78, 5) is 44.9. The van der Waals surface area contributed by atoms with Gasteiger partial charge in [0.05, 0.1) is 23.5 Å². The van der Waals surface area contributed by atoms with Crippen molar-refractivity contribution in [1.29, 1.82) is 0 Å². The van der Waals surface area contributed by atoms with Gasteiger partial charge in [-0.05, 0) is 79.5 Å². The number of rotatable bonds is 9. The van der Waals surface area contributed by atoms with E-state index in [0.29, 0.717) is 41.3 Å². The number of nitrogens with one attached hydrogen (secondary N) is 3. The predicted molar refractivity (Wildman–Crippen MR) is 175 cm³/mol. The highest BCUT2D eigenvalue weighted by atomic mass is 19.1. The van der Waals surface area contributed by atoms with Gasteiger partial charge in [-0.15, -0.1) is 0 Å². The average molecular weight is 611 g/mol. The lowest BCUT2D eigenvalue weighted by molar-refractivity contribution is -0.127. The molecule has 0 aromatic heterocycles. The Morgan fingerprint density at radius 2 is 1.76 bits per heavy atom. The molecule has 3 aromatic rings. The number of benzene rings is 3. The maximum absolute atomic E-state index is 14.0. The van der Waals surface area contributed by atoms with Crippen molar-refractivity contribution < 1.29 is 18.8 Å². The van der Waals surface area contributed by atoms with E-state index in [2.05, 4.69) is 32.8 Å². The van der Waals surface area contributed by atoms with E-state index in [4.69, 9.17) is 0 Å². The van der Waals surface area contributed by atoms with Crippen LogP contribution in [0.1, 0.15) is 36.0 Å². The van der Waals surface area contributed by atoms with E-state index >= 15 is 0 Å². The van der Waals surface area contributed by atoms with Crippen molar-refractivity contribution in [2.75, 3.05) is 62.4 Å². The molecular formula is C35H39FN6O3. The van der Waals surface area contributed by atoms with Crippen LogP contribution in [0, 0.1) is 11.7 Å². The zero-order valence-electron chi connectivity index (χ0n) is 25.7. The van der Waals surface area contributed by atoms with E-state index < -0.39 is 5.82 Å². The van der Waals surface area contributed by atoms with E-state index in [1.165, 1.54) is 12.1 Å². The second-order valence-electron chi connectivity index (χ2n) is 12.1. The van der Waals surface area contributed by atoms with Gasteiger partial charge in [0.2, 0.25) is 11.8 Å². The second-order valence-corrected chi connectivity index (χ2v) is 12.1. The maximum Gasteiger partial charge on any atom is 0.258 e. The molecule has 2 fully saturated rings. The summed E-state index contributed by atoms with van der Waals surface area (Å²) in [7, 11) is 3.87. The van der Waals surface area contributed by atoms with Crippen molar-refractivity contribution in [2.45, 2.75) is 25.8 Å². The minimum Gasteiger partial charge on any atom is -0.354 e. The third kappa shape index (κ3) is 6.92. The molecule has 2 aliphatic heterocycles. The molecule has 0 unspecified atom stereocenters. The first kappa shape index (κ1) is 30.5. The molecule has 0 bridgehead atoms. The monoisotopic (exact) mass is 610 g/mol. The van der Waals surface area contributed by atoms with Crippen molar-refractivity contribution >= 4 is 46.1 Å². The van der Waals surface area contributed by atoms with Crippen LogP contribution in [-0.2, 0) is 20.9 Å². The molecule has 234 valence electrons. The molecule has 9 nitrogen and oxygen atoms in total. The number of likely N-dealkylation sites (N-methyl/N-ethyl adjacent to an activating group) is 2. The summed E-state index contributed by atoms with van der Waals surface area (Å²) >= 11 is 0. The van der Waals surface area contributed by atoms with E-state index in [1.54, 1.807) is 18.0 Å². The summed E-state index contributed by atoms with van der Waals surface area (Å²) in [6.45, 7) is 4.38. The fraction of sp³-hybridized carbons (Fsp3) is 0.343. The molecule has 0 spiro atoms. The highest BCUT2D eigenvalue weighted by molar-refractivity contribution is 6.37. The summed E-state index contributed by atoms with van der Waals surface area (Å²) in [6, 6.07) is 19.4. The second kappa shape index (κ2) is 13.2. The fourth-order valence-corrected chi connectivity index (χ4v) is 5.87. The Hall–Kier alpha value is -4.54. The van der Waals surface area contributed by atoms with E-state index in [9.17, 15) is 18.8 Å². The van der Waals surface area contributed by atoms with Gasteiger partial charge in [-0.2, -0.15) is 0 Å². The number of piperazine rings is 1. The summed E-state index contributed by atoms with van der Waals surface area (Å²) in [6.07, 6.45) is 2.95. The first-order chi connectivity index (χ1) is 21.7. The molecule has 3 aliphatic rings. The van der Waals surface area contributed by atoms with E-state index in [0.717, 1.165) is 62.3 Å². The number of halogens is 1. The average Bonchev–Trinajstić information content (AvgIpc) is 3.33. The number of hydrogen-bond acceptors (Lipinski definition) is 6. The molecule has 3 aromatic carbocycles. The lowest BCUT2D eigenvalue weighted by atomic mass is 9.85. The molecule has 0 radical (unpaired) electrons. The van der Waals surface area contributed by atoms with Crippen molar-refractivity contribution in [3.8, 4) is 0 Å². The number of hydrogen-bond donors (Lipinski definition) is 3. The van der Waals surface area contributed by atoms with E-state index in [-0.39, 0.29) is 23.6 Å². The van der Waals surface area contributed by atoms with Gasteiger partial charge in [0.25, 0.3) is 5.91 Å². The number of carbonyl (C=O) groups excluding carboxylic acids is 3. The topological polar surface area (TPSA) is 97.0 Å². The molecule has 1 saturated heterocycles. The lowest BCUT2D eigenvalue weighted by Crippen LogP contribution is -2.48. The Kier molecular flexibility index (Phi) is 8.95. The summed E-state index contributed by atoms with van der Waals surface area (Å²) < 4.78 is 14.0. The standard InChI is InChI=1S/C35H39FN6O3/c1-40-15-17-42(18-16-40)22-31(43)41(2)28-12-10-27(11-13-28)38-33(32-29-14-9-26(36)20-30(29)39-35(32)45)25-8-3-5-23(19-25)21-37-34(44)24-6-4-7-24/h3,5,8-14,19-20,24,38H,4,6-7,15-18,21-22H2,1-2H3,(H,37,44)(H,39,45). The van der Waals surface area contributed by atoms with Gasteiger partial charge >= 0.3 is 0 Å². The van der Waals surface area contributed by atoms with Crippen LogP contribution in [0.2, 0.25) is 0 Å². The summed E-state index contributed by atoms with van der Waals surface area (Å²) in [5.74, 6) is -0.587. The highest BCUT2D eigenvalue weighted by Gasteiger charge is 2.29. The van der Waals surface area contributed by atoms with Gasteiger partial charge < -0.3 is 25.8 Å². The van der Waals surface area contributed by atoms with Crippen LogP contribution in [0.15, 0.2) is 66.7 Å². The van der Waals surface area contributed by atoms with Crippen molar-refractivity contribution in [1.82, 2.24) is 15.1 Å². The number of carbonyl (C=O) groups is 3. The van der Waals surface area contributed by atoms with Gasteiger partial charge in [-0.25, -0.2) is 4.39 Å². The van der Waals surface area contributed by atoms with Crippen LogP contribution in [0.25, 0.3) is 11.3 Å². The Morgan fingerprint density at radius 1 is 1.00 bits per heavy atom. The molecule has 1 aliphatic carbocycles. The van der Waals surface area contributed by atoms with Crippen LogP contribution in [0.5, 0.6) is 0 Å². The van der Waals surface area contributed by atoms with Crippen LogP contribution < -0.4 is 20.9 Å². The largest absolute Gasteiger partial charge is 0.354 e. The first-order valence-corrected chi connectivity index (χ1v) is 15.5. The van der Waals surface area contributed by atoms with Crippen LogP contribution in [0.4, 0.5) is 21.5 Å². The van der Waals surface area contributed by atoms with Crippen LogP contribution in [0.3, 0.4) is 0 Å². The quantitative estimate of drug-likeness (QED) is 0.311. The van der Waals surface area contributed by atoms with Crippen molar-refractivity contribution in [3.63, 3.8) is 0 Å². The molecule has 6 rings (SSSR count). The van der Waals surface area contributed by atoms with Crippen molar-refractivity contribution in [3.05, 3.63) is 89.2 Å². The third-order valence-electron chi connectivity index (χ3n) is 8.99. The maximum atomic E-state index is 14.0. The normalized spacial score (nSPS) is 18.1. The Morgan fingerprint density at radius 3 is 2.47 bits per heavy atom. The van der Waals surface area contributed by atoms with Crippen LogP contribution >= 0.6 is 0 Å². The molecule has 3 amide bonds. The molecule has 10 heteroatoms. The van der Waals surface area contributed by atoms with Gasteiger partial charge in [0.15, 0.2) is 0 Å². The lowest BCUT2D eigenvalue weighted by Gasteiger charge is -2.32. The predicted octanol–water partition coefficient (Wildman–Crippen LogP) is 4.38. The zero-order valence-corrected chi connectivity index (χ0v) is 25.7. The number of anilines is 3. The van der Waals surface area contributed by atoms with Crippen molar-refractivity contribution in [2.24, 2.45) is 5.92 Å². The third-order valence-corrected chi connectivity index (χ3v) is 8.99. The van der Waals surface area contributed by atoms with Gasteiger partial charge in [-0.1, -0.05) is 24.6 Å².